The Hall–Kier alpha value is -2.00. The van der Waals surface area contributed by atoms with Crippen molar-refractivity contribution in [3.63, 3.8) is 0 Å². The van der Waals surface area contributed by atoms with Crippen LogP contribution in [0.1, 0.15) is 21.5 Å². The average Bonchev–Trinajstić information content (AvgIpc) is 2.40. The molecule has 0 aliphatic heterocycles. The number of anilines is 1. The molecule has 20 heavy (non-hydrogen) atoms. The van der Waals surface area contributed by atoms with Crippen LogP contribution in [-0.4, -0.2) is 18.1 Å². The van der Waals surface area contributed by atoms with Gasteiger partial charge in [-0.05, 0) is 43.7 Å². The second-order valence-electron chi connectivity index (χ2n) is 4.82. The maximum Gasteiger partial charge on any atom is 0.258 e. The van der Waals surface area contributed by atoms with Gasteiger partial charge in [0.15, 0.2) is 0 Å². The quantitative estimate of drug-likeness (QED) is 0.910. The second kappa shape index (κ2) is 5.55. The van der Waals surface area contributed by atoms with E-state index in [4.69, 9.17) is 11.6 Å². The Bertz CT molecular complexity index is 668. The van der Waals surface area contributed by atoms with Crippen molar-refractivity contribution in [3.8, 4) is 5.75 Å². The number of aromatic hydroxyl groups is 1. The van der Waals surface area contributed by atoms with Crippen LogP contribution in [0.2, 0.25) is 5.02 Å². The maximum absolute atomic E-state index is 12.4. The monoisotopic (exact) mass is 289 g/mol. The first-order chi connectivity index (χ1) is 9.40. The highest BCUT2D eigenvalue weighted by Gasteiger charge is 2.16. The fourth-order valence-electron chi connectivity index (χ4n) is 2.12. The van der Waals surface area contributed by atoms with E-state index in [1.807, 2.05) is 32.0 Å². The number of aryl methyl sites for hydroxylation is 2. The smallest absolute Gasteiger partial charge is 0.258 e. The Morgan fingerprint density at radius 3 is 2.45 bits per heavy atom. The summed E-state index contributed by atoms with van der Waals surface area (Å²) in [5.41, 5.74) is 3.48. The number of phenols is 1. The zero-order valence-corrected chi connectivity index (χ0v) is 12.4. The fraction of sp³-hybridized carbons (Fsp3) is 0.188. The van der Waals surface area contributed by atoms with E-state index in [9.17, 15) is 9.90 Å². The van der Waals surface area contributed by atoms with Crippen LogP contribution in [0.25, 0.3) is 0 Å². The van der Waals surface area contributed by atoms with E-state index in [1.54, 1.807) is 18.0 Å². The summed E-state index contributed by atoms with van der Waals surface area (Å²) in [5, 5.41) is 9.57. The summed E-state index contributed by atoms with van der Waals surface area (Å²) in [6.07, 6.45) is 0. The molecule has 4 heteroatoms. The molecular weight excluding hydrogens is 274 g/mol. The van der Waals surface area contributed by atoms with Crippen molar-refractivity contribution in [3.05, 3.63) is 58.1 Å². The fourth-order valence-corrected chi connectivity index (χ4v) is 2.31. The molecule has 104 valence electrons. The van der Waals surface area contributed by atoms with Gasteiger partial charge in [-0.3, -0.25) is 4.79 Å². The summed E-state index contributed by atoms with van der Waals surface area (Å²) in [6, 6.07) is 10.4. The van der Waals surface area contributed by atoms with Gasteiger partial charge in [0.1, 0.15) is 5.75 Å². The number of carbonyl (C=O) groups is 1. The predicted molar refractivity (Wildman–Crippen MR) is 81.8 cm³/mol. The van der Waals surface area contributed by atoms with Crippen molar-refractivity contribution in [1.82, 2.24) is 0 Å². The summed E-state index contributed by atoms with van der Waals surface area (Å²) < 4.78 is 0. The van der Waals surface area contributed by atoms with Crippen LogP contribution in [0, 0.1) is 13.8 Å². The second-order valence-corrected chi connectivity index (χ2v) is 5.23. The minimum absolute atomic E-state index is 0.0302. The third kappa shape index (κ3) is 2.78. The van der Waals surface area contributed by atoms with E-state index in [1.165, 1.54) is 12.1 Å². The molecule has 0 saturated heterocycles. The molecule has 1 amide bonds. The number of benzene rings is 2. The number of amides is 1. The molecule has 1 N–H and O–H groups in total. The number of rotatable bonds is 2. The van der Waals surface area contributed by atoms with Crippen LogP contribution in [0.4, 0.5) is 5.69 Å². The number of hydrogen-bond acceptors (Lipinski definition) is 2. The number of carbonyl (C=O) groups excluding carboxylic acids is 1. The highest BCUT2D eigenvalue weighted by Crippen LogP contribution is 2.26. The highest BCUT2D eigenvalue weighted by atomic mass is 35.5. The first-order valence-electron chi connectivity index (χ1n) is 6.24. The van der Waals surface area contributed by atoms with E-state index < -0.39 is 0 Å². The standard InChI is InChI=1S/C16H16ClNO2/c1-10-4-6-14(11(2)8-10)18(3)16(20)12-5-7-15(19)13(17)9-12/h4-9,19H,1-3H3. The lowest BCUT2D eigenvalue weighted by Crippen LogP contribution is -2.26. The molecule has 0 spiro atoms. The van der Waals surface area contributed by atoms with Crippen molar-refractivity contribution in [2.24, 2.45) is 0 Å². The highest BCUT2D eigenvalue weighted by molar-refractivity contribution is 6.32. The minimum Gasteiger partial charge on any atom is -0.506 e. The molecule has 0 saturated carbocycles. The van der Waals surface area contributed by atoms with E-state index in [0.29, 0.717) is 5.56 Å². The summed E-state index contributed by atoms with van der Waals surface area (Å²) in [4.78, 5) is 14.0. The normalized spacial score (nSPS) is 10.4. The number of hydrogen-bond donors (Lipinski definition) is 1. The zero-order chi connectivity index (χ0) is 14.9. The maximum atomic E-state index is 12.4. The number of nitrogens with zero attached hydrogens (tertiary/aromatic N) is 1. The summed E-state index contributed by atoms with van der Waals surface area (Å²) in [7, 11) is 1.72. The molecule has 2 aromatic carbocycles. The lowest BCUT2D eigenvalue weighted by molar-refractivity contribution is 0.0993. The largest absolute Gasteiger partial charge is 0.506 e. The van der Waals surface area contributed by atoms with Gasteiger partial charge < -0.3 is 10.0 Å². The molecule has 0 bridgehead atoms. The van der Waals surface area contributed by atoms with Crippen LogP contribution in [0.5, 0.6) is 5.75 Å². The van der Waals surface area contributed by atoms with Gasteiger partial charge in [0.2, 0.25) is 0 Å². The molecule has 2 rings (SSSR count). The average molecular weight is 290 g/mol. The summed E-state index contributed by atoms with van der Waals surface area (Å²) >= 11 is 5.84. The molecular formula is C16H16ClNO2. The molecule has 0 aliphatic rings. The third-order valence-electron chi connectivity index (χ3n) is 3.21. The summed E-state index contributed by atoms with van der Waals surface area (Å²) in [6.45, 7) is 3.98. The molecule has 0 aliphatic carbocycles. The van der Waals surface area contributed by atoms with Gasteiger partial charge in [-0.1, -0.05) is 29.3 Å². The lowest BCUT2D eigenvalue weighted by atomic mass is 10.1. The third-order valence-corrected chi connectivity index (χ3v) is 3.52. The van der Waals surface area contributed by atoms with Crippen molar-refractivity contribution in [1.29, 1.82) is 0 Å². The van der Waals surface area contributed by atoms with Gasteiger partial charge in [0.25, 0.3) is 5.91 Å². The number of phenolic OH excluding ortho intramolecular Hbond substituents is 1. The zero-order valence-electron chi connectivity index (χ0n) is 11.6. The van der Waals surface area contributed by atoms with Gasteiger partial charge in [0.05, 0.1) is 5.02 Å². The topological polar surface area (TPSA) is 40.5 Å². The minimum atomic E-state index is -0.168. The SMILES string of the molecule is Cc1ccc(N(C)C(=O)c2ccc(O)c(Cl)c2)c(C)c1. The van der Waals surface area contributed by atoms with Crippen molar-refractivity contribution in [2.75, 3.05) is 11.9 Å². The van der Waals surface area contributed by atoms with Crippen LogP contribution < -0.4 is 4.90 Å². The van der Waals surface area contributed by atoms with E-state index in [2.05, 4.69) is 0 Å². The van der Waals surface area contributed by atoms with Gasteiger partial charge >= 0.3 is 0 Å². The van der Waals surface area contributed by atoms with Crippen LogP contribution >= 0.6 is 11.6 Å². The Morgan fingerprint density at radius 2 is 1.85 bits per heavy atom. The van der Waals surface area contributed by atoms with Crippen LogP contribution in [0.15, 0.2) is 36.4 Å². The molecule has 0 fully saturated rings. The molecule has 0 radical (unpaired) electrons. The first-order valence-corrected chi connectivity index (χ1v) is 6.62. The predicted octanol–water partition coefficient (Wildman–Crippen LogP) is 3.94. The van der Waals surface area contributed by atoms with Gasteiger partial charge in [0, 0.05) is 18.3 Å². The molecule has 0 aromatic heterocycles. The van der Waals surface area contributed by atoms with E-state index in [-0.39, 0.29) is 16.7 Å². The van der Waals surface area contributed by atoms with Gasteiger partial charge in [-0.15, -0.1) is 0 Å². The molecule has 0 heterocycles. The van der Waals surface area contributed by atoms with Crippen molar-refractivity contribution in [2.45, 2.75) is 13.8 Å². The number of halogens is 1. The first kappa shape index (κ1) is 14.4. The summed E-state index contributed by atoms with van der Waals surface area (Å²) in [5.74, 6) is -0.198. The van der Waals surface area contributed by atoms with Gasteiger partial charge in [-0.2, -0.15) is 0 Å². The lowest BCUT2D eigenvalue weighted by Gasteiger charge is -2.20. The molecule has 2 aromatic rings. The Kier molecular flexibility index (Phi) is 4.00. The Balaban J connectivity index is 2.34. The molecule has 3 nitrogen and oxygen atoms in total. The van der Waals surface area contributed by atoms with Crippen molar-refractivity contribution < 1.29 is 9.90 Å². The van der Waals surface area contributed by atoms with Crippen LogP contribution in [0.3, 0.4) is 0 Å². The Labute approximate surface area is 123 Å². The van der Waals surface area contributed by atoms with E-state index in [0.717, 1.165) is 16.8 Å². The van der Waals surface area contributed by atoms with E-state index >= 15 is 0 Å². The van der Waals surface area contributed by atoms with Crippen LogP contribution in [-0.2, 0) is 0 Å². The molecule has 0 atom stereocenters. The van der Waals surface area contributed by atoms with Gasteiger partial charge in [-0.25, -0.2) is 0 Å². The Morgan fingerprint density at radius 1 is 1.15 bits per heavy atom. The molecule has 0 unspecified atom stereocenters. The van der Waals surface area contributed by atoms with Crippen molar-refractivity contribution >= 4 is 23.2 Å².